The molecule has 1 aromatic carbocycles. The molecule has 3 aromatic rings. The molecule has 6 nitrogen and oxygen atoms in total. The Balaban J connectivity index is 1.61. The Morgan fingerprint density at radius 2 is 1.94 bits per heavy atom. The summed E-state index contributed by atoms with van der Waals surface area (Å²) in [5.41, 5.74) is -1.27. The van der Waals surface area contributed by atoms with Crippen LogP contribution in [0.2, 0.25) is 5.02 Å². The second kappa shape index (κ2) is 7.86. The summed E-state index contributed by atoms with van der Waals surface area (Å²) in [4.78, 5) is 31.8. The van der Waals surface area contributed by atoms with Crippen molar-refractivity contribution in [1.82, 2.24) is 18.9 Å². The number of hydrogen-bond acceptors (Lipinski definition) is 3. The lowest BCUT2D eigenvalue weighted by Gasteiger charge is -2.16. The van der Waals surface area contributed by atoms with Crippen LogP contribution in [0, 0.1) is 0 Å². The van der Waals surface area contributed by atoms with Crippen LogP contribution < -0.4 is 5.56 Å². The van der Waals surface area contributed by atoms with Crippen LogP contribution in [0.4, 0.5) is 17.6 Å². The van der Waals surface area contributed by atoms with Crippen molar-refractivity contribution in [2.24, 2.45) is 0 Å². The molecule has 1 amide bonds. The van der Waals surface area contributed by atoms with Crippen molar-refractivity contribution >= 4 is 23.0 Å². The van der Waals surface area contributed by atoms with Crippen molar-refractivity contribution in [3.05, 3.63) is 57.4 Å². The molecule has 3 heterocycles. The summed E-state index contributed by atoms with van der Waals surface area (Å²) in [6, 6.07) is 3.41. The van der Waals surface area contributed by atoms with Crippen molar-refractivity contribution in [1.29, 1.82) is 0 Å². The molecule has 2 fully saturated rings. The number of halogens is 5. The van der Waals surface area contributed by atoms with E-state index in [1.165, 1.54) is 21.7 Å². The van der Waals surface area contributed by atoms with Gasteiger partial charge in [0.2, 0.25) is 5.91 Å². The van der Waals surface area contributed by atoms with Gasteiger partial charge in [0, 0.05) is 30.4 Å². The van der Waals surface area contributed by atoms with E-state index in [1.807, 2.05) is 0 Å². The van der Waals surface area contributed by atoms with Crippen LogP contribution in [0.1, 0.15) is 36.6 Å². The van der Waals surface area contributed by atoms with E-state index in [0.717, 1.165) is 25.0 Å². The highest BCUT2D eigenvalue weighted by Crippen LogP contribution is 2.42. The van der Waals surface area contributed by atoms with Gasteiger partial charge in [0.25, 0.3) is 5.56 Å². The first-order valence-corrected chi connectivity index (χ1v) is 10.9. The van der Waals surface area contributed by atoms with E-state index in [4.69, 9.17) is 11.6 Å². The number of nitrogens with zero attached hydrogens (tertiary/aromatic N) is 4. The summed E-state index contributed by atoms with van der Waals surface area (Å²) in [6.45, 7) is -0.0177. The summed E-state index contributed by atoms with van der Waals surface area (Å²) < 4.78 is 56.5. The number of fused-ring (bicyclic) bond motifs is 1. The van der Waals surface area contributed by atoms with Gasteiger partial charge in [0.05, 0.1) is 17.1 Å². The molecule has 1 unspecified atom stereocenters. The molecule has 0 bridgehead atoms. The van der Waals surface area contributed by atoms with Crippen LogP contribution >= 0.6 is 11.6 Å². The monoisotopic (exact) mass is 482 g/mol. The Kier molecular flexibility index (Phi) is 5.23. The van der Waals surface area contributed by atoms with Crippen molar-refractivity contribution < 1.29 is 22.4 Å². The number of amides is 1. The lowest BCUT2D eigenvalue weighted by Crippen LogP contribution is -2.35. The Morgan fingerprint density at radius 3 is 2.58 bits per heavy atom. The molecule has 0 N–H and O–H groups in total. The van der Waals surface area contributed by atoms with Crippen LogP contribution in [-0.2, 0) is 17.5 Å². The molecule has 2 aromatic heterocycles. The maximum Gasteiger partial charge on any atom is 0.417 e. The van der Waals surface area contributed by atoms with Crippen molar-refractivity contribution in [3.63, 3.8) is 0 Å². The number of benzene rings is 1. The van der Waals surface area contributed by atoms with E-state index in [2.05, 4.69) is 4.98 Å². The highest BCUT2D eigenvalue weighted by atomic mass is 35.5. The SMILES string of the molecule is O=C(Cn1ccn2c(C3CC3)nc(-c3ccc(Cl)c(C(F)(F)F)c3)c2c1=O)N1CCC(F)C1. The average Bonchev–Trinajstić information content (AvgIpc) is 3.38. The Hall–Kier alpha value is -2.88. The van der Waals surface area contributed by atoms with Gasteiger partial charge < -0.3 is 9.47 Å². The Bertz CT molecular complexity index is 1310. The molecular weight excluding hydrogens is 464 g/mol. The summed E-state index contributed by atoms with van der Waals surface area (Å²) in [5.74, 6) is 0.318. The largest absolute Gasteiger partial charge is 0.417 e. The van der Waals surface area contributed by atoms with Gasteiger partial charge in [-0.1, -0.05) is 17.7 Å². The molecule has 2 aliphatic rings. The summed E-state index contributed by atoms with van der Waals surface area (Å²) in [6.07, 6.45) is -0.702. The van der Waals surface area contributed by atoms with Gasteiger partial charge in [-0.05, 0) is 31.4 Å². The Labute approximate surface area is 190 Å². The van der Waals surface area contributed by atoms with Crippen molar-refractivity contribution in [3.8, 4) is 11.3 Å². The van der Waals surface area contributed by atoms with Gasteiger partial charge in [-0.25, -0.2) is 9.37 Å². The normalized spacial score (nSPS) is 18.9. The second-order valence-corrected chi connectivity index (χ2v) is 8.87. The molecule has 5 rings (SSSR count). The number of hydrogen-bond donors (Lipinski definition) is 0. The number of aromatic nitrogens is 3. The Morgan fingerprint density at radius 1 is 1.18 bits per heavy atom. The minimum Gasteiger partial charge on any atom is -0.338 e. The quantitative estimate of drug-likeness (QED) is 0.521. The maximum absolute atomic E-state index is 13.5. The van der Waals surface area contributed by atoms with Gasteiger partial charge in [-0.3, -0.25) is 14.0 Å². The van der Waals surface area contributed by atoms with E-state index in [0.29, 0.717) is 5.82 Å². The molecule has 0 radical (unpaired) electrons. The van der Waals surface area contributed by atoms with E-state index in [9.17, 15) is 27.2 Å². The minimum atomic E-state index is -4.67. The number of alkyl halides is 4. The number of imidazole rings is 1. The smallest absolute Gasteiger partial charge is 0.338 e. The molecule has 11 heteroatoms. The minimum absolute atomic E-state index is 0.00934. The van der Waals surface area contributed by atoms with E-state index in [1.54, 1.807) is 10.6 Å². The number of likely N-dealkylation sites (tertiary alicyclic amines) is 1. The zero-order valence-electron chi connectivity index (χ0n) is 17.3. The maximum atomic E-state index is 13.5. The molecule has 1 saturated carbocycles. The molecule has 174 valence electrons. The molecule has 33 heavy (non-hydrogen) atoms. The lowest BCUT2D eigenvalue weighted by molar-refractivity contribution is -0.137. The highest BCUT2D eigenvalue weighted by molar-refractivity contribution is 6.31. The molecule has 0 spiro atoms. The van der Waals surface area contributed by atoms with Crippen LogP contribution in [-0.4, -0.2) is 44.0 Å². The fraction of sp³-hybridized carbons (Fsp3) is 0.409. The third kappa shape index (κ3) is 4.01. The summed E-state index contributed by atoms with van der Waals surface area (Å²) >= 11 is 5.76. The van der Waals surface area contributed by atoms with E-state index < -0.39 is 34.4 Å². The number of carbonyl (C=O) groups excluding carboxylic acids is 1. The van der Waals surface area contributed by atoms with Crippen LogP contribution in [0.15, 0.2) is 35.4 Å². The van der Waals surface area contributed by atoms with E-state index >= 15 is 0 Å². The third-order valence-electron chi connectivity index (χ3n) is 6.07. The molecule has 1 aliphatic carbocycles. The van der Waals surface area contributed by atoms with Gasteiger partial charge in [0.1, 0.15) is 29.8 Å². The van der Waals surface area contributed by atoms with Crippen LogP contribution in [0.3, 0.4) is 0 Å². The summed E-state index contributed by atoms with van der Waals surface area (Å²) in [7, 11) is 0. The fourth-order valence-electron chi connectivity index (χ4n) is 4.19. The predicted molar refractivity (Wildman–Crippen MR) is 113 cm³/mol. The van der Waals surface area contributed by atoms with Crippen LogP contribution in [0.25, 0.3) is 16.8 Å². The first kappa shape index (κ1) is 21.9. The van der Waals surface area contributed by atoms with Gasteiger partial charge in [-0.2, -0.15) is 13.2 Å². The third-order valence-corrected chi connectivity index (χ3v) is 6.40. The van der Waals surface area contributed by atoms with Crippen molar-refractivity contribution in [2.75, 3.05) is 13.1 Å². The first-order valence-electron chi connectivity index (χ1n) is 10.5. The van der Waals surface area contributed by atoms with Gasteiger partial charge in [-0.15, -0.1) is 0 Å². The fourth-order valence-corrected chi connectivity index (χ4v) is 4.42. The second-order valence-electron chi connectivity index (χ2n) is 8.46. The van der Waals surface area contributed by atoms with Crippen molar-refractivity contribution in [2.45, 2.75) is 44.1 Å². The number of carbonyl (C=O) groups is 1. The topological polar surface area (TPSA) is 59.6 Å². The number of rotatable bonds is 4. The van der Waals surface area contributed by atoms with Gasteiger partial charge >= 0.3 is 6.18 Å². The molecule has 1 aliphatic heterocycles. The summed E-state index contributed by atoms with van der Waals surface area (Å²) in [5, 5.41) is -0.447. The molecular formula is C22H19ClF4N4O2. The standard InChI is InChI=1S/C22H19ClF4N4O2/c23-16-4-3-13(9-15(16)22(25,26)27)18-19-21(33)30(11-17(32)29-6-5-14(24)10-29)7-8-31(19)20(28-18)12-1-2-12/h3-4,7-9,12,14H,1-2,5-6,10-11H2. The first-order chi connectivity index (χ1) is 15.6. The molecule has 1 saturated heterocycles. The van der Waals surface area contributed by atoms with Gasteiger partial charge in [0.15, 0.2) is 0 Å². The average molecular weight is 483 g/mol. The zero-order chi connectivity index (χ0) is 23.5. The molecule has 1 atom stereocenters. The van der Waals surface area contributed by atoms with Crippen LogP contribution in [0.5, 0.6) is 0 Å². The van der Waals surface area contributed by atoms with E-state index in [-0.39, 0.29) is 48.7 Å². The lowest BCUT2D eigenvalue weighted by atomic mass is 10.1. The highest BCUT2D eigenvalue weighted by Gasteiger charge is 2.35. The zero-order valence-corrected chi connectivity index (χ0v) is 18.0. The predicted octanol–water partition coefficient (Wildman–Crippen LogP) is 4.28.